The van der Waals surface area contributed by atoms with Gasteiger partial charge in [0.1, 0.15) is 18.2 Å². The van der Waals surface area contributed by atoms with E-state index in [4.69, 9.17) is 9.47 Å². The molecule has 1 fully saturated rings. The summed E-state index contributed by atoms with van der Waals surface area (Å²) in [5.74, 6) is -3.40. The Balaban J connectivity index is 2.21. The summed E-state index contributed by atoms with van der Waals surface area (Å²) in [6, 6.07) is 6.63. The fraction of sp³-hybridized carbons (Fsp3) is 0.676. The Bertz CT molecular complexity index is 1260. The zero-order valence-corrected chi connectivity index (χ0v) is 30.3. The van der Waals surface area contributed by atoms with Crippen LogP contribution in [-0.2, 0) is 40.1 Å². The minimum absolute atomic E-state index is 0.00582. The lowest BCUT2D eigenvalue weighted by atomic mass is 9.89. The van der Waals surface area contributed by atoms with Gasteiger partial charge in [-0.3, -0.25) is 28.9 Å². The highest BCUT2D eigenvalue weighted by Crippen LogP contribution is 2.22. The number of nitrogens with zero attached hydrogens (tertiary/aromatic N) is 1. The number of amides is 3. The van der Waals surface area contributed by atoms with Gasteiger partial charge < -0.3 is 25.2 Å². The van der Waals surface area contributed by atoms with Crippen LogP contribution in [0.5, 0.6) is 0 Å². The highest BCUT2D eigenvalue weighted by atomic mass is 16.6. The molecule has 0 bridgehead atoms. The van der Waals surface area contributed by atoms with Crippen molar-refractivity contribution >= 4 is 35.4 Å². The summed E-state index contributed by atoms with van der Waals surface area (Å²) in [5, 5.41) is 14.8. The standard InChI is InChI=1S/C37H57N3O9/c1-24(2)21-28(38-35(46)29-15-11-19-40(29)36(47)48-23-26-13-9-8-10-14-26)31(43)22-27(17-18-32(44)49-37(5,6)7)34(45)39-33(25(3)4)30(42)16-12-20-41/h8-10,13-14,24-25,27-29,33,41H,11-12,15-23H2,1-7H3,(H,38,46)(H,39,45)/t27-,28+,29+,33+/m1/s1. The number of rotatable bonds is 19. The largest absolute Gasteiger partial charge is 0.460 e. The maximum absolute atomic E-state index is 13.9. The van der Waals surface area contributed by atoms with Gasteiger partial charge in [-0.1, -0.05) is 58.0 Å². The predicted molar refractivity (Wildman–Crippen MR) is 184 cm³/mol. The Labute approximate surface area is 291 Å². The van der Waals surface area contributed by atoms with E-state index in [1.165, 1.54) is 4.90 Å². The van der Waals surface area contributed by atoms with E-state index in [0.29, 0.717) is 25.8 Å². The molecule has 1 aliphatic heterocycles. The fourth-order valence-corrected chi connectivity index (χ4v) is 5.76. The number of ether oxygens (including phenoxy) is 2. The molecule has 1 aromatic rings. The number of carbonyl (C=O) groups excluding carboxylic acids is 6. The van der Waals surface area contributed by atoms with Gasteiger partial charge in [0.25, 0.3) is 0 Å². The molecule has 1 aliphatic rings. The molecule has 12 nitrogen and oxygen atoms in total. The van der Waals surface area contributed by atoms with Gasteiger partial charge in [0.05, 0.1) is 12.1 Å². The zero-order valence-electron chi connectivity index (χ0n) is 30.3. The summed E-state index contributed by atoms with van der Waals surface area (Å²) in [5.41, 5.74) is 0.0829. The lowest BCUT2D eigenvalue weighted by Gasteiger charge is -2.28. The average Bonchev–Trinajstić information content (AvgIpc) is 3.52. The van der Waals surface area contributed by atoms with E-state index in [1.807, 2.05) is 44.2 Å². The first-order valence-corrected chi connectivity index (χ1v) is 17.5. The molecule has 49 heavy (non-hydrogen) atoms. The number of esters is 1. The summed E-state index contributed by atoms with van der Waals surface area (Å²) in [4.78, 5) is 80.9. The molecule has 2 rings (SSSR count). The molecule has 0 aliphatic carbocycles. The monoisotopic (exact) mass is 687 g/mol. The number of hydrogen-bond donors (Lipinski definition) is 3. The first-order valence-electron chi connectivity index (χ1n) is 17.5. The van der Waals surface area contributed by atoms with Gasteiger partial charge in [-0.25, -0.2) is 4.79 Å². The topological polar surface area (TPSA) is 168 Å². The van der Waals surface area contributed by atoms with Crippen LogP contribution in [0, 0.1) is 17.8 Å². The van der Waals surface area contributed by atoms with Gasteiger partial charge in [-0.2, -0.15) is 0 Å². The Morgan fingerprint density at radius 2 is 1.63 bits per heavy atom. The zero-order chi connectivity index (χ0) is 36.7. The van der Waals surface area contributed by atoms with E-state index in [9.17, 15) is 33.9 Å². The molecule has 12 heteroatoms. The van der Waals surface area contributed by atoms with E-state index in [1.54, 1.807) is 34.6 Å². The third kappa shape index (κ3) is 14.7. The third-order valence-electron chi connectivity index (χ3n) is 8.24. The normalized spacial score (nSPS) is 16.5. The molecule has 1 aromatic carbocycles. The summed E-state index contributed by atoms with van der Waals surface area (Å²) >= 11 is 0. The third-order valence-corrected chi connectivity index (χ3v) is 8.24. The SMILES string of the molecule is CC(C)C[C@H](NC(=O)[C@@H]1CCCN1C(=O)OCc1ccccc1)C(=O)C[C@@H](CCC(=O)OC(C)(C)C)C(=O)N[C@H](C(=O)CCCO)C(C)C. The number of hydrogen-bond acceptors (Lipinski definition) is 9. The molecule has 0 saturated carbocycles. The minimum atomic E-state index is -0.977. The molecule has 274 valence electrons. The second kappa shape index (κ2) is 20.0. The van der Waals surface area contributed by atoms with Gasteiger partial charge >= 0.3 is 12.1 Å². The Hall–Kier alpha value is -3.80. The fourth-order valence-electron chi connectivity index (χ4n) is 5.76. The van der Waals surface area contributed by atoms with Crippen LogP contribution in [-0.4, -0.2) is 82.3 Å². The summed E-state index contributed by atoms with van der Waals surface area (Å²) in [6.07, 6.45) is 0.629. The predicted octanol–water partition coefficient (Wildman–Crippen LogP) is 4.50. The molecule has 3 N–H and O–H groups in total. The Morgan fingerprint density at radius 1 is 0.959 bits per heavy atom. The van der Waals surface area contributed by atoms with Crippen molar-refractivity contribution in [1.29, 1.82) is 0 Å². The average molecular weight is 688 g/mol. The number of aliphatic hydroxyl groups is 1. The van der Waals surface area contributed by atoms with Crippen LogP contribution in [0.4, 0.5) is 4.79 Å². The van der Waals surface area contributed by atoms with Crippen molar-refractivity contribution < 1.29 is 43.3 Å². The molecule has 1 saturated heterocycles. The number of carbonyl (C=O) groups is 6. The van der Waals surface area contributed by atoms with Crippen LogP contribution in [0.2, 0.25) is 0 Å². The van der Waals surface area contributed by atoms with E-state index in [2.05, 4.69) is 10.6 Å². The van der Waals surface area contributed by atoms with Crippen molar-refractivity contribution in [3.05, 3.63) is 35.9 Å². The van der Waals surface area contributed by atoms with Crippen molar-refractivity contribution in [1.82, 2.24) is 15.5 Å². The van der Waals surface area contributed by atoms with E-state index < -0.39 is 59.3 Å². The van der Waals surface area contributed by atoms with Crippen LogP contribution in [0.3, 0.4) is 0 Å². The van der Waals surface area contributed by atoms with E-state index in [-0.39, 0.29) is 62.9 Å². The lowest BCUT2D eigenvalue weighted by molar-refractivity contribution is -0.155. The van der Waals surface area contributed by atoms with Gasteiger partial charge in [0.2, 0.25) is 11.8 Å². The van der Waals surface area contributed by atoms with E-state index >= 15 is 0 Å². The van der Waals surface area contributed by atoms with Crippen molar-refractivity contribution in [3.63, 3.8) is 0 Å². The molecular formula is C37H57N3O9. The van der Waals surface area contributed by atoms with Crippen LogP contribution in [0.25, 0.3) is 0 Å². The highest BCUT2D eigenvalue weighted by molar-refractivity contribution is 5.95. The number of ketones is 2. The summed E-state index contributed by atoms with van der Waals surface area (Å²) < 4.78 is 10.9. The number of benzene rings is 1. The summed E-state index contributed by atoms with van der Waals surface area (Å²) in [6.45, 7) is 12.9. The van der Waals surface area contributed by atoms with E-state index in [0.717, 1.165) is 5.56 Å². The number of nitrogens with one attached hydrogen (secondary N) is 2. The molecule has 3 amide bonds. The van der Waals surface area contributed by atoms with Crippen molar-refractivity contribution in [3.8, 4) is 0 Å². The van der Waals surface area contributed by atoms with Crippen LogP contribution < -0.4 is 10.6 Å². The molecule has 4 atom stereocenters. The second-order valence-corrected chi connectivity index (χ2v) is 14.6. The lowest BCUT2D eigenvalue weighted by Crippen LogP contribution is -2.52. The molecular weight excluding hydrogens is 630 g/mol. The maximum atomic E-state index is 13.9. The number of Topliss-reactive ketones (excluding diaryl/α,β-unsaturated/α-hetero) is 2. The highest BCUT2D eigenvalue weighted by Gasteiger charge is 2.38. The smallest absolute Gasteiger partial charge is 0.410 e. The van der Waals surface area contributed by atoms with Gasteiger partial charge in [0.15, 0.2) is 11.6 Å². The Morgan fingerprint density at radius 3 is 2.22 bits per heavy atom. The van der Waals surface area contributed by atoms with Gasteiger partial charge in [0, 0.05) is 38.3 Å². The molecule has 0 radical (unpaired) electrons. The quantitative estimate of drug-likeness (QED) is 0.177. The van der Waals surface area contributed by atoms with Gasteiger partial charge in [-0.05, 0) is 70.3 Å². The first kappa shape index (κ1) is 41.4. The Kier molecular flexibility index (Phi) is 16.9. The van der Waals surface area contributed by atoms with Gasteiger partial charge in [-0.15, -0.1) is 0 Å². The van der Waals surface area contributed by atoms with Crippen LogP contribution >= 0.6 is 0 Å². The van der Waals surface area contributed by atoms with Crippen molar-refractivity contribution in [2.24, 2.45) is 17.8 Å². The summed E-state index contributed by atoms with van der Waals surface area (Å²) in [7, 11) is 0. The minimum Gasteiger partial charge on any atom is -0.460 e. The first-order chi connectivity index (χ1) is 23.0. The number of aliphatic hydroxyl groups excluding tert-OH is 1. The number of likely N-dealkylation sites (tertiary alicyclic amines) is 1. The van der Waals surface area contributed by atoms with Crippen molar-refractivity contribution in [2.45, 2.75) is 130 Å². The molecule has 0 unspecified atom stereocenters. The molecule has 1 heterocycles. The van der Waals surface area contributed by atoms with Crippen molar-refractivity contribution in [2.75, 3.05) is 13.2 Å². The van der Waals surface area contributed by atoms with Crippen LogP contribution in [0.15, 0.2) is 30.3 Å². The second-order valence-electron chi connectivity index (χ2n) is 14.6. The maximum Gasteiger partial charge on any atom is 0.410 e. The molecule has 0 aromatic heterocycles. The van der Waals surface area contributed by atoms with Crippen LogP contribution in [0.1, 0.15) is 105 Å². The molecule has 0 spiro atoms.